The number of ether oxygens (including phenoxy) is 1. The summed E-state index contributed by atoms with van der Waals surface area (Å²) in [6.45, 7) is 8.71. The Hall–Kier alpha value is -1.71. The molecule has 1 heterocycles. The summed E-state index contributed by atoms with van der Waals surface area (Å²) in [5.74, 6) is 0.995. The summed E-state index contributed by atoms with van der Waals surface area (Å²) in [5, 5.41) is 0. The Balaban J connectivity index is 2.24. The van der Waals surface area contributed by atoms with Crippen molar-refractivity contribution in [3.8, 4) is 0 Å². The van der Waals surface area contributed by atoms with Crippen LogP contribution in [0, 0.1) is 11.8 Å². The topological polar surface area (TPSA) is 55.6 Å². The third-order valence-electron chi connectivity index (χ3n) is 3.89. The molecular weight excluding hydrogens is 240 g/mol. The molecule has 0 aliphatic carbocycles. The Labute approximate surface area is 114 Å². The Morgan fingerprint density at radius 1 is 1.37 bits per heavy atom. The van der Waals surface area contributed by atoms with E-state index in [1.807, 2.05) is 12.1 Å². The number of esters is 1. The van der Waals surface area contributed by atoms with Crippen molar-refractivity contribution in [1.29, 1.82) is 0 Å². The number of nitrogens with zero attached hydrogens (tertiary/aromatic N) is 1. The normalized spacial score (nSPS) is 22.6. The lowest BCUT2D eigenvalue weighted by Gasteiger charge is -2.19. The van der Waals surface area contributed by atoms with Crippen molar-refractivity contribution in [1.82, 2.24) is 0 Å². The standard InChI is InChI=1S/C15H22N2O2/c1-4-19-15(18)13-7-12(5-6-14(13)16)17-8-10(2)11(3)9-17/h5-7,10-11H,4,8-9,16H2,1-3H3. The van der Waals surface area contributed by atoms with Crippen molar-refractivity contribution in [3.05, 3.63) is 23.8 Å². The van der Waals surface area contributed by atoms with Gasteiger partial charge in [-0.1, -0.05) is 13.8 Å². The van der Waals surface area contributed by atoms with Gasteiger partial charge in [0, 0.05) is 24.5 Å². The summed E-state index contributed by atoms with van der Waals surface area (Å²) in [6, 6.07) is 5.61. The number of carbonyl (C=O) groups excluding carboxylic acids is 1. The Morgan fingerprint density at radius 3 is 2.58 bits per heavy atom. The molecule has 0 saturated carbocycles. The molecule has 19 heavy (non-hydrogen) atoms. The van der Waals surface area contributed by atoms with Gasteiger partial charge in [0.1, 0.15) is 0 Å². The molecule has 0 radical (unpaired) electrons. The maximum absolute atomic E-state index is 11.8. The minimum atomic E-state index is -0.345. The second-order valence-corrected chi connectivity index (χ2v) is 5.35. The second-order valence-electron chi connectivity index (χ2n) is 5.35. The third-order valence-corrected chi connectivity index (χ3v) is 3.89. The molecule has 4 nitrogen and oxygen atoms in total. The quantitative estimate of drug-likeness (QED) is 0.672. The van der Waals surface area contributed by atoms with Gasteiger partial charge < -0.3 is 15.4 Å². The van der Waals surface area contributed by atoms with Crippen LogP contribution in [0.15, 0.2) is 18.2 Å². The van der Waals surface area contributed by atoms with Gasteiger partial charge in [0.25, 0.3) is 0 Å². The molecule has 2 unspecified atom stereocenters. The first-order chi connectivity index (χ1) is 9.02. The number of anilines is 2. The SMILES string of the molecule is CCOC(=O)c1cc(N2CC(C)C(C)C2)ccc1N. The zero-order valence-corrected chi connectivity index (χ0v) is 11.8. The molecule has 1 fully saturated rings. The number of nitrogen functional groups attached to an aromatic ring is 1. The summed E-state index contributed by atoms with van der Waals surface area (Å²) >= 11 is 0. The smallest absolute Gasteiger partial charge is 0.340 e. The minimum absolute atomic E-state index is 0.345. The van der Waals surface area contributed by atoms with Crippen LogP contribution >= 0.6 is 0 Å². The van der Waals surface area contributed by atoms with Gasteiger partial charge in [0.05, 0.1) is 12.2 Å². The molecular formula is C15H22N2O2. The van der Waals surface area contributed by atoms with Gasteiger partial charge in [0.15, 0.2) is 0 Å². The summed E-state index contributed by atoms with van der Waals surface area (Å²) in [5.41, 5.74) is 7.84. The first-order valence-electron chi connectivity index (χ1n) is 6.84. The minimum Gasteiger partial charge on any atom is -0.462 e. The Bertz CT molecular complexity index is 463. The molecule has 1 saturated heterocycles. The molecule has 1 aromatic rings. The van der Waals surface area contributed by atoms with Crippen molar-refractivity contribution in [2.75, 3.05) is 30.3 Å². The summed E-state index contributed by atoms with van der Waals surface area (Å²) in [6.07, 6.45) is 0. The predicted octanol–water partition coefficient (Wildman–Crippen LogP) is 2.54. The third kappa shape index (κ3) is 2.83. The Kier molecular flexibility index (Phi) is 3.98. The number of hydrogen-bond acceptors (Lipinski definition) is 4. The molecule has 1 aromatic carbocycles. The molecule has 0 amide bonds. The second kappa shape index (κ2) is 5.51. The van der Waals surface area contributed by atoms with Crippen LogP contribution in [0.1, 0.15) is 31.1 Å². The van der Waals surface area contributed by atoms with E-state index in [0.29, 0.717) is 29.7 Å². The van der Waals surface area contributed by atoms with E-state index in [2.05, 4.69) is 18.7 Å². The first kappa shape index (κ1) is 13.7. The highest BCUT2D eigenvalue weighted by molar-refractivity contribution is 5.96. The fourth-order valence-corrected chi connectivity index (χ4v) is 2.47. The van der Waals surface area contributed by atoms with Crippen LogP contribution in [0.5, 0.6) is 0 Å². The van der Waals surface area contributed by atoms with Crippen molar-refractivity contribution in [3.63, 3.8) is 0 Å². The summed E-state index contributed by atoms with van der Waals surface area (Å²) < 4.78 is 5.03. The molecule has 1 aliphatic heterocycles. The van der Waals surface area contributed by atoms with E-state index in [9.17, 15) is 4.79 Å². The van der Waals surface area contributed by atoms with Gasteiger partial charge in [0.2, 0.25) is 0 Å². The molecule has 2 rings (SSSR count). The predicted molar refractivity (Wildman–Crippen MR) is 77.4 cm³/mol. The van der Waals surface area contributed by atoms with Crippen LogP contribution in [-0.2, 0) is 4.74 Å². The molecule has 4 heteroatoms. The number of nitrogens with two attached hydrogens (primary N) is 1. The number of rotatable bonds is 3. The van der Waals surface area contributed by atoms with E-state index in [0.717, 1.165) is 18.8 Å². The Morgan fingerprint density at radius 2 is 2.00 bits per heavy atom. The van der Waals surface area contributed by atoms with E-state index in [-0.39, 0.29) is 5.97 Å². The zero-order chi connectivity index (χ0) is 14.0. The molecule has 2 N–H and O–H groups in total. The molecule has 0 spiro atoms. The monoisotopic (exact) mass is 262 g/mol. The van der Waals surface area contributed by atoms with Gasteiger partial charge in [-0.05, 0) is 37.0 Å². The van der Waals surface area contributed by atoms with Gasteiger partial charge >= 0.3 is 5.97 Å². The summed E-state index contributed by atoms with van der Waals surface area (Å²) in [4.78, 5) is 14.1. The van der Waals surface area contributed by atoms with Gasteiger partial charge in [-0.25, -0.2) is 4.79 Å². The van der Waals surface area contributed by atoms with Crippen LogP contribution in [0.25, 0.3) is 0 Å². The maximum atomic E-state index is 11.8. The maximum Gasteiger partial charge on any atom is 0.340 e. The van der Waals surface area contributed by atoms with Gasteiger partial charge in [-0.2, -0.15) is 0 Å². The highest BCUT2D eigenvalue weighted by Crippen LogP contribution is 2.29. The molecule has 0 bridgehead atoms. The highest BCUT2D eigenvalue weighted by atomic mass is 16.5. The van der Waals surface area contributed by atoms with E-state index in [1.54, 1.807) is 13.0 Å². The van der Waals surface area contributed by atoms with E-state index >= 15 is 0 Å². The van der Waals surface area contributed by atoms with Crippen LogP contribution < -0.4 is 10.6 Å². The van der Waals surface area contributed by atoms with Crippen LogP contribution in [0.3, 0.4) is 0 Å². The van der Waals surface area contributed by atoms with Crippen LogP contribution in [0.2, 0.25) is 0 Å². The number of carbonyl (C=O) groups is 1. The highest BCUT2D eigenvalue weighted by Gasteiger charge is 2.26. The van der Waals surface area contributed by atoms with Crippen LogP contribution in [0.4, 0.5) is 11.4 Å². The van der Waals surface area contributed by atoms with E-state index in [1.165, 1.54) is 0 Å². The largest absolute Gasteiger partial charge is 0.462 e. The van der Waals surface area contributed by atoms with Crippen molar-refractivity contribution >= 4 is 17.3 Å². The van der Waals surface area contributed by atoms with E-state index < -0.39 is 0 Å². The average molecular weight is 262 g/mol. The lowest BCUT2D eigenvalue weighted by molar-refractivity contribution is 0.0527. The molecule has 1 aliphatic rings. The summed E-state index contributed by atoms with van der Waals surface area (Å²) in [7, 11) is 0. The van der Waals surface area contributed by atoms with E-state index in [4.69, 9.17) is 10.5 Å². The average Bonchev–Trinajstić information content (AvgIpc) is 2.70. The van der Waals surface area contributed by atoms with Gasteiger partial charge in [-0.3, -0.25) is 0 Å². The fourth-order valence-electron chi connectivity index (χ4n) is 2.47. The fraction of sp³-hybridized carbons (Fsp3) is 0.533. The van der Waals surface area contributed by atoms with Crippen molar-refractivity contribution < 1.29 is 9.53 Å². The van der Waals surface area contributed by atoms with Crippen LogP contribution in [-0.4, -0.2) is 25.7 Å². The molecule has 0 aromatic heterocycles. The first-order valence-corrected chi connectivity index (χ1v) is 6.84. The molecule has 104 valence electrons. The lowest BCUT2D eigenvalue weighted by atomic mass is 10.0. The van der Waals surface area contributed by atoms with Crippen molar-refractivity contribution in [2.24, 2.45) is 11.8 Å². The number of hydrogen-bond donors (Lipinski definition) is 1. The molecule has 2 atom stereocenters. The zero-order valence-electron chi connectivity index (χ0n) is 11.8. The van der Waals surface area contributed by atoms with Crippen molar-refractivity contribution in [2.45, 2.75) is 20.8 Å². The lowest BCUT2D eigenvalue weighted by Crippen LogP contribution is -2.20. The van der Waals surface area contributed by atoms with Gasteiger partial charge in [-0.15, -0.1) is 0 Å². The number of benzene rings is 1.